The van der Waals surface area contributed by atoms with Gasteiger partial charge in [0.1, 0.15) is 16.0 Å². The van der Waals surface area contributed by atoms with Crippen LogP contribution in [-0.2, 0) is 11.3 Å². The van der Waals surface area contributed by atoms with Crippen molar-refractivity contribution in [2.45, 2.75) is 26.8 Å². The van der Waals surface area contributed by atoms with E-state index in [4.69, 9.17) is 12.2 Å². The molecule has 1 aliphatic rings. The Labute approximate surface area is 186 Å². The number of thiophene rings is 1. The average Bonchev–Trinajstić information content (AvgIpc) is 3.29. The van der Waals surface area contributed by atoms with Gasteiger partial charge in [0.05, 0.1) is 10.5 Å². The number of pyridine rings is 1. The summed E-state index contributed by atoms with van der Waals surface area (Å²) < 4.78 is 1.34. The number of thioether (sulfide) groups is 1. The summed E-state index contributed by atoms with van der Waals surface area (Å²) in [6.07, 6.45) is 1.65. The molecule has 3 heterocycles. The Kier molecular flexibility index (Phi) is 6.55. The summed E-state index contributed by atoms with van der Waals surface area (Å²) in [4.78, 5) is 40.6. The predicted octanol–water partition coefficient (Wildman–Crippen LogP) is 3.29. The van der Waals surface area contributed by atoms with Crippen molar-refractivity contribution in [3.05, 3.63) is 54.3 Å². The first-order valence-electron chi connectivity index (χ1n) is 8.98. The van der Waals surface area contributed by atoms with E-state index in [2.05, 4.69) is 0 Å². The second kappa shape index (κ2) is 8.95. The Morgan fingerprint density at radius 2 is 2.13 bits per heavy atom. The van der Waals surface area contributed by atoms with Crippen molar-refractivity contribution >= 4 is 57.4 Å². The summed E-state index contributed by atoms with van der Waals surface area (Å²) in [6, 6.07) is 5.58. The van der Waals surface area contributed by atoms with Crippen molar-refractivity contribution in [1.29, 1.82) is 5.26 Å². The molecule has 0 spiro atoms. The van der Waals surface area contributed by atoms with Gasteiger partial charge in [0.2, 0.25) is 5.88 Å². The minimum Gasteiger partial charge on any atom is -0.494 e. The molecule has 1 aliphatic heterocycles. The monoisotopic (exact) mass is 459 g/mol. The first-order valence-corrected chi connectivity index (χ1v) is 11.1. The molecule has 0 unspecified atom stereocenters. The molecule has 10 heteroatoms. The van der Waals surface area contributed by atoms with Gasteiger partial charge in [-0.2, -0.15) is 5.26 Å². The van der Waals surface area contributed by atoms with E-state index in [1.807, 2.05) is 23.6 Å². The maximum Gasteiger partial charge on any atom is 0.271 e. The van der Waals surface area contributed by atoms with Crippen LogP contribution in [0, 0.1) is 18.3 Å². The van der Waals surface area contributed by atoms with Crippen molar-refractivity contribution < 1.29 is 14.7 Å². The highest BCUT2D eigenvalue weighted by molar-refractivity contribution is 8.26. The highest BCUT2D eigenvalue weighted by atomic mass is 32.2. The summed E-state index contributed by atoms with van der Waals surface area (Å²) in [5, 5.41) is 21.6. The number of amides is 1. The standard InChI is InChI=1S/C20H17N3O4S3/c1-3-22-17(25)13(10-21)11(2)16(19(22)27)14(24)6-7-23-18(26)15(30-20(23)28)9-12-5-4-8-29-12/h4-5,8-9,27H,3,6-7H2,1-2H3/b15-9-. The first kappa shape index (κ1) is 22.0. The van der Waals surface area contributed by atoms with Gasteiger partial charge in [-0.15, -0.1) is 11.3 Å². The molecule has 1 saturated heterocycles. The van der Waals surface area contributed by atoms with Crippen LogP contribution < -0.4 is 5.56 Å². The topological polar surface area (TPSA) is 103 Å². The van der Waals surface area contributed by atoms with Crippen LogP contribution in [0.25, 0.3) is 6.08 Å². The third-order valence-corrected chi connectivity index (χ3v) is 6.84. The summed E-state index contributed by atoms with van der Waals surface area (Å²) in [5.74, 6) is -1.21. The lowest BCUT2D eigenvalue weighted by Gasteiger charge is -2.16. The molecule has 0 bridgehead atoms. The van der Waals surface area contributed by atoms with Gasteiger partial charge in [0, 0.05) is 24.4 Å². The second-order valence-electron chi connectivity index (χ2n) is 6.38. The fourth-order valence-corrected chi connectivity index (χ4v) is 5.14. The fourth-order valence-electron chi connectivity index (χ4n) is 3.11. The van der Waals surface area contributed by atoms with Gasteiger partial charge in [0.15, 0.2) is 5.78 Å². The molecule has 1 amide bonds. The summed E-state index contributed by atoms with van der Waals surface area (Å²) in [7, 11) is 0. The number of Topliss-reactive ketones (excluding diaryl/α,β-unsaturated/α-hetero) is 1. The van der Waals surface area contributed by atoms with Crippen LogP contribution >= 0.6 is 35.3 Å². The zero-order chi connectivity index (χ0) is 22.0. The van der Waals surface area contributed by atoms with Crippen LogP contribution in [0.4, 0.5) is 0 Å². The Morgan fingerprint density at radius 1 is 1.40 bits per heavy atom. The van der Waals surface area contributed by atoms with E-state index in [1.165, 1.54) is 34.9 Å². The van der Waals surface area contributed by atoms with Gasteiger partial charge in [-0.05, 0) is 36.9 Å². The molecule has 2 aromatic heterocycles. The fraction of sp³-hybridized carbons (Fsp3) is 0.250. The molecule has 0 saturated carbocycles. The van der Waals surface area contributed by atoms with Crippen molar-refractivity contribution in [2.75, 3.05) is 6.54 Å². The van der Waals surface area contributed by atoms with Gasteiger partial charge in [-0.1, -0.05) is 30.0 Å². The lowest BCUT2D eigenvalue weighted by Crippen LogP contribution is -2.31. The molecule has 2 aromatic rings. The number of aromatic nitrogens is 1. The van der Waals surface area contributed by atoms with Gasteiger partial charge in [-0.25, -0.2) is 0 Å². The molecule has 3 rings (SSSR count). The van der Waals surface area contributed by atoms with Crippen molar-refractivity contribution in [3.8, 4) is 11.9 Å². The smallest absolute Gasteiger partial charge is 0.271 e. The molecule has 0 aliphatic carbocycles. The van der Waals surface area contributed by atoms with Gasteiger partial charge >= 0.3 is 0 Å². The van der Waals surface area contributed by atoms with E-state index in [9.17, 15) is 24.8 Å². The van der Waals surface area contributed by atoms with Crippen LogP contribution in [0.2, 0.25) is 0 Å². The van der Waals surface area contributed by atoms with Crippen molar-refractivity contribution in [2.24, 2.45) is 0 Å². The van der Waals surface area contributed by atoms with Gasteiger partial charge < -0.3 is 5.11 Å². The van der Waals surface area contributed by atoms with E-state index in [1.54, 1.807) is 13.0 Å². The van der Waals surface area contributed by atoms with Crippen molar-refractivity contribution in [3.63, 3.8) is 0 Å². The number of rotatable bonds is 6. The summed E-state index contributed by atoms with van der Waals surface area (Å²) in [5.41, 5.74) is -0.755. The number of hydrogen-bond acceptors (Lipinski definition) is 8. The Morgan fingerprint density at radius 3 is 2.73 bits per heavy atom. The zero-order valence-electron chi connectivity index (χ0n) is 16.2. The Balaban J connectivity index is 1.83. The van der Waals surface area contributed by atoms with E-state index in [0.717, 1.165) is 9.44 Å². The molecule has 0 radical (unpaired) electrons. The molecule has 1 fully saturated rings. The minimum absolute atomic E-state index is 0.0390. The molecular formula is C20H17N3O4S3. The van der Waals surface area contributed by atoms with Crippen molar-refractivity contribution in [1.82, 2.24) is 9.47 Å². The highest BCUT2D eigenvalue weighted by Gasteiger charge is 2.33. The molecule has 7 nitrogen and oxygen atoms in total. The van der Waals surface area contributed by atoms with E-state index in [0.29, 0.717) is 9.23 Å². The third-order valence-electron chi connectivity index (χ3n) is 4.65. The lowest BCUT2D eigenvalue weighted by atomic mass is 10.00. The highest BCUT2D eigenvalue weighted by Crippen LogP contribution is 2.33. The van der Waals surface area contributed by atoms with Gasteiger partial charge in [0.25, 0.3) is 11.5 Å². The second-order valence-corrected chi connectivity index (χ2v) is 9.04. The molecule has 0 atom stereocenters. The van der Waals surface area contributed by atoms with Crippen LogP contribution in [0.1, 0.15) is 39.7 Å². The Bertz CT molecular complexity index is 1170. The third kappa shape index (κ3) is 3.96. The number of nitriles is 1. The Hall–Kier alpha value is -2.74. The minimum atomic E-state index is -0.637. The SMILES string of the molecule is CCn1c(O)c(C(=O)CCN2C(=O)/C(=C/c3cccs3)SC2=S)c(C)c(C#N)c1=O. The number of nitrogens with zero attached hydrogens (tertiary/aromatic N) is 3. The largest absolute Gasteiger partial charge is 0.494 e. The number of ketones is 1. The molecule has 1 N–H and O–H groups in total. The molecule has 0 aromatic carbocycles. The summed E-state index contributed by atoms with van der Waals surface area (Å²) >= 11 is 7.96. The quantitative estimate of drug-likeness (QED) is 0.402. The van der Waals surface area contributed by atoms with Crippen LogP contribution in [0.3, 0.4) is 0 Å². The predicted molar refractivity (Wildman–Crippen MR) is 121 cm³/mol. The van der Waals surface area contributed by atoms with E-state index in [-0.39, 0.29) is 42.1 Å². The molecular weight excluding hydrogens is 442 g/mol. The number of thiocarbonyl (C=S) groups is 1. The number of hydrogen-bond donors (Lipinski definition) is 1. The van der Waals surface area contributed by atoms with E-state index < -0.39 is 17.2 Å². The molecule has 154 valence electrons. The maximum absolute atomic E-state index is 12.9. The van der Waals surface area contributed by atoms with Gasteiger partial charge in [-0.3, -0.25) is 23.9 Å². The number of carbonyl (C=O) groups is 2. The number of carbonyl (C=O) groups excluding carboxylic acids is 2. The lowest BCUT2D eigenvalue weighted by molar-refractivity contribution is -0.122. The first-order chi connectivity index (χ1) is 14.3. The number of aromatic hydroxyl groups is 1. The summed E-state index contributed by atoms with van der Waals surface area (Å²) in [6.45, 7) is 3.24. The maximum atomic E-state index is 12.9. The van der Waals surface area contributed by atoms with Crippen LogP contribution in [0.5, 0.6) is 5.88 Å². The van der Waals surface area contributed by atoms with Crippen LogP contribution in [-0.4, -0.2) is 37.1 Å². The normalized spacial score (nSPS) is 15.1. The average molecular weight is 460 g/mol. The zero-order valence-corrected chi connectivity index (χ0v) is 18.6. The molecule has 30 heavy (non-hydrogen) atoms. The van der Waals surface area contributed by atoms with Crippen LogP contribution in [0.15, 0.2) is 27.2 Å². The van der Waals surface area contributed by atoms with E-state index >= 15 is 0 Å².